The third kappa shape index (κ3) is 4.55. The molecular weight excluding hydrogens is 302 g/mol. The number of amides is 1. The summed E-state index contributed by atoms with van der Waals surface area (Å²) in [5.74, 6) is 0.824. The molecule has 1 aliphatic rings. The van der Waals surface area contributed by atoms with Crippen LogP contribution < -0.4 is 9.64 Å². The highest BCUT2D eigenvalue weighted by atomic mass is 16.5. The van der Waals surface area contributed by atoms with Crippen molar-refractivity contribution in [3.63, 3.8) is 0 Å². The molecular formula is C19H24N3O2+. The van der Waals surface area contributed by atoms with Crippen LogP contribution in [-0.4, -0.2) is 48.6 Å². The van der Waals surface area contributed by atoms with E-state index in [2.05, 4.69) is 17.1 Å². The molecule has 0 bridgehead atoms. The minimum Gasteiger partial charge on any atom is -0.484 e. The van der Waals surface area contributed by atoms with Crippen LogP contribution in [0.2, 0.25) is 0 Å². The molecule has 2 heterocycles. The van der Waals surface area contributed by atoms with Crippen molar-refractivity contribution in [2.45, 2.75) is 13.5 Å². The van der Waals surface area contributed by atoms with Gasteiger partial charge in [-0.25, -0.2) is 0 Å². The molecule has 0 radical (unpaired) electrons. The molecule has 3 rings (SSSR count). The number of hydrogen-bond donors (Lipinski definition) is 1. The molecule has 1 saturated heterocycles. The molecule has 1 fully saturated rings. The highest BCUT2D eigenvalue weighted by Gasteiger charge is 2.23. The molecule has 5 heteroatoms. The summed E-state index contributed by atoms with van der Waals surface area (Å²) in [5.41, 5.74) is 2.43. The summed E-state index contributed by atoms with van der Waals surface area (Å²) in [5, 5.41) is 0. The standard InChI is InChI=1S/C19H23N3O2/c1-16-3-2-4-18(13-16)24-15-19(23)22-11-9-21(10-12-22)14-17-5-7-20-8-6-17/h2-8,13H,9-12,14-15H2,1H3/p+1. The van der Waals surface area contributed by atoms with Crippen LogP contribution >= 0.6 is 0 Å². The predicted molar refractivity (Wildman–Crippen MR) is 91.9 cm³/mol. The largest absolute Gasteiger partial charge is 0.484 e. The van der Waals surface area contributed by atoms with Crippen molar-refractivity contribution in [1.82, 2.24) is 9.88 Å². The van der Waals surface area contributed by atoms with E-state index in [-0.39, 0.29) is 12.5 Å². The highest BCUT2D eigenvalue weighted by molar-refractivity contribution is 5.77. The number of ether oxygens (including phenoxy) is 1. The molecule has 2 aromatic rings. The summed E-state index contributed by atoms with van der Waals surface area (Å²) >= 11 is 0. The summed E-state index contributed by atoms with van der Waals surface area (Å²) in [6, 6.07) is 11.9. The van der Waals surface area contributed by atoms with Crippen molar-refractivity contribution >= 4 is 5.91 Å². The molecule has 1 amide bonds. The molecule has 0 aliphatic carbocycles. The Hall–Kier alpha value is -2.40. The lowest BCUT2D eigenvalue weighted by Gasteiger charge is -2.32. The Morgan fingerprint density at radius 1 is 1.21 bits per heavy atom. The molecule has 0 unspecified atom stereocenters. The number of hydrogen-bond acceptors (Lipinski definition) is 3. The van der Waals surface area contributed by atoms with E-state index in [9.17, 15) is 4.79 Å². The molecule has 0 spiro atoms. The number of pyridine rings is 1. The summed E-state index contributed by atoms with van der Waals surface area (Å²) in [6.07, 6.45) is 3.66. The van der Waals surface area contributed by atoms with Crippen molar-refractivity contribution < 1.29 is 14.4 Å². The van der Waals surface area contributed by atoms with Crippen molar-refractivity contribution in [3.05, 3.63) is 59.9 Å². The smallest absolute Gasteiger partial charge is 0.260 e. The second-order valence-corrected chi connectivity index (χ2v) is 6.27. The van der Waals surface area contributed by atoms with Crippen LogP contribution in [0.15, 0.2) is 48.8 Å². The van der Waals surface area contributed by atoms with E-state index in [4.69, 9.17) is 4.74 Å². The first-order valence-corrected chi connectivity index (χ1v) is 8.40. The number of carbonyl (C=O) groups is 1. The average Bonchev–Trinajstić information content (AvgIpc) is 2.61. The minimum absolute atomic E-state index is 0.0690. The van der Waals surface area contributed by atoms with E-state index in [0.29, 0.717) is 0 Å². The Kier molecular flexibility index (Phi) is 5.43. The Morgan fingerprint density at radius 3 is 2.67 bits per heavy atom. The third-order valence-corrected chi connectivity index (χ3v) is 4.38. The summed E-state index contributed by atoms with van der Waals surface area (Å²) in [6.45, 7) is 6.64. The zero-order chi connectivity index (χ0) is 16.8. The van der Waals surface area contributed by atoms with Gasteiger partial charge in [0.2, 0.25) is 0 Å². The number of quaternary nitrogens is 1. The third-order valence-electron chi connectivity index (χ3n) is 4.38. The fraction of sp³-hybridized carbons (Fsp3) is 0.368. The first-order valence-electron chi connectivity index (χ1n) is 8.40. The normalized spacial score (nSPS) is 15.3. The first kappa shape index (κ1) is 16.5. The van der Waals surface area contributed by atoms with Gasteiger partial charge in [-0.15, -0.1) is 0 Å². The van der Waals surface area contributed by atoms with E-state index in [1.54, 1.807) is 0 Å². The monoisotopic (exact) mass is 326 g/mol. The van der Waals surface area contributed by atoms with Gasteiger partial charge < -0.3 is 14.5 Å². The first-order chi connectivity index (χ1) is 11.7. The fourth-order valence-electron chi connectivity index (χ4n) is 2.98. The van der Waals surface area contributed by atoms with Gasteiger partial charge in [0.1, 0.15) is 12.3 Å². The number of nitrogens with one attached hydrogen (secondary N) is 1. The van der Waals surface area contributed by atoms with Gasteiger partial charge in [0, 0.05) is 18.0 Å². The van der Waals surface area contributed by atoms with Crippen LogP contribution in [0.3, 0.4) is 0 Å². The van der Waals surface area contributed by atoms with E-state index in [0.717, 1.165) is 44.0 Å². The number of rotatable bonds is 5. The van der Waals surface area contributed by atoms with Crippen LogP contribution in [0.1, 0.15) is 11.1 Å². The molecule has 126 valence electrons. The van der Waals surface area contributed by atoms with Gasteiger partial charge >= 0.3 is 0 Å². The van der Waals surface area contributed by atoms with Crippen LogP contribution in [0, 0.1) is 6.92 Å². The average molecular weight is 326 g/mol. The predicted octanol–water partition coefficient (Wildman–Crippen LogP) is 0.696. The number of benzene rings is 1. The maximum atomic E-state index is 12.3. The fourth-order valence-corrected chi connectivity index (χ4v) is 2.98. The van der Waals surface area contributed by atoms with Crippen molar-refractivity contribution in [2.24, 2.45) is 0 Å². The van der Waals surface area contributed by atoms with E-state index in [1.807, 2.05) is 48.5 Å². The molecule has 0 atom stereocenters. The lowest BCUT2D eigenvalue weighted by Crippen LogP contribution is -3.13. The van der Waals surface area contributed by atoms with Gasteiger partial charge in [0.05, 0.1) is 26.2 Å². The van der Waals surface area contributed by atoms with Crippen molar-refractivity contribution in [3.8, 4) is 5.75 Å². The van der Waals surface area contributed by atoms with Crippen LogP contribution in [0.25, 0.3) is 0 Å². The Balaban J connectivity index is 1.43. The summed E-state index contributed by atoms with van der Waals surface area (Å²) < 4.78 is 5.62. The van der Waals surface area contributed by atoms with Crippen LogP contribution in [0.5, 0.6) is 5.75 Å². The second kappa shape index (κ2) is 7.93. The van der Waals surface area contributed by atoms with Gasteiger partial charge in [-0.05, 0) is 36.8 Å². The maximum absolute atomic E-state index is 12.3. The van der Waals surface area contributed by atoms with E-state index >= 15 is 0 Å². The Labute approximate surface area is 142 Å². The molecule has 0 saturated carbocycles. The molecule has 1 N–H and O–H groups in total. The zero-order valence-electron chi connectivity index (χ0n) is 14.1. The number of nitrogens with zero attached hydrogens (tertiary/aromatic N) is 2. The lowest BCUT2D eigenvalue weighted by molar-refractivity contribution is -0.917. The molecule has 1 aromatic heterocycles. The van der Waals surface area contributed by atoms with E-state index in [1.165, 1.54) is 10.5 Å². The summed E-state index contributed by atoms with van der Waals surface area (Å²) in [4.78, 5) is 19.8. The zero-order valence-corrected chi connectivity index (χ0v) is 14.1. The SMILES string of the molecule is Cc1cccc(OCC(=O)N2CC[NH+](Cc3ccncc3)CC2)c1. The highest BCUT2D eigenvalue weighted by Crippen LogP contribution is 2.12. The van der Waals surface area contributed by atoms with Crippen molar-refractivity contribution in [2.75, 3.05) is 32.8 Å². The molecule has 24 heavy (non-hydrogen) atoms. The lowest BCUT2D eigenvalue weighted by atomic mass is 10.2. The number of aromatic nitrogens is 1. The van der Waals surface area contributed by atoms with Gasteiger partial charge in [0.25, 0.3) is 5.91 Å². The number of piperazine rings is 1. The molecule has 1 aliphatic heterocycles. The van der Waals surface area contributed by atoms with Crippen molar-refractivity contribution in [1.29, 1.82) is 0 Å². The Morgan fingerprint density at radius 2 is 1.96 bits per heavy atom. The number of carbonyl (C=O) groups excluding carboxylic acids is 1. The van der Waals surface area contributed by atoms with E-state index < -0.39 is 0 Å². The Bertz CT molecular complexity index is 667. The maximum Gasteiger partial charge on any atom is 0.260 e. The van der Waals surface area contributed by atoms with Gasteiger partial charge in [-0.2, -0.15) is 0 Å². The second-order valence-electron chi connectivity index (χ2n) is 6.27. The van der Waals surface area contributed by atoms with Crippen LogP contribution in [0.4, 0.5) is 0 Å². The molecule has 5 nitrogen and oxygen atoms in total. The quantitative estimate of drug-likeness (QED) is 0.880. The van der Waals surface area contributed by atoms with Gasteiger partial charge in [0.15, 0.2) is 6.61 Å². The van der Waals surface area contributed by atoms with Gasteiger partial charge in [-0.3, -0.25) is 9.78 Å². The van der Waals surface area contributed by atoms with Gasteiger partial charge in [-0.1, -0.05) is 12.1 Å². The number of aryl methyl sites for hydroxylation is 1. The molecule has 1 aromatic carbocycles. The van der Waals surface area contributed by atoms with Crippen LogP contribution in [-0.2, 0) is 11.3 Å². The minimum atomic E-state index is 0.0690. The summed E-state index contributed by atoms with van der Waals surface area (Å²) in [7, 11) is 0. The topological polar surface area (TPSA) is 46.9 Å².